The van der Waals surface area contributed by atoms with E-state index in [2.05, 4.69) is 26.1 Å². The monoisotopic (exact) mass is 223 g/mol. The van der Waals surface area contributed by atoms with Crippen molar-refractivity contribution in [2.75, 3.05) is 6.54 Å². The van der Waals surface area contributed by atoms with E-state index in [9.17, 15) is 0 Å². The Kier molecular flexibility index (Phi) is 3.94. The maximum atomic E-state index is 3.88. The summed E-state index contributed by atoms with van der Waals surface area (Å²) >= 11 is 0. The third-order valence-electron chi connectivity index (χ3n) is 5.31. The standard InChI is InChI=1S/C15H29N/c1-12-7-6-8-14(13(12)2)16-11-15(3)9-4-5-10-15/h12-14,16H,4-11H2,1-3H3. The second-order valence-electron chi connectivity index (χ2n) is 6.77. The van der Waals surface area contributed by atoms with Crippen molar-refractivity contribution in [1.82, 2.24) is 5.32 Å². The van der Waals surface area contributed by atoms with Crippen LogP contribution in [0.3, 0.4) is 0 Å². The number of hydrogen-bond donors (Lipinski definition) is 1. The van der Waals surface area contributed by atoms with Gasteiger partial charge in [-0.1, -0.05) is 46.5 Å². The second-order valence-corrected chi connectivity index (χ2v) is 6.77. The van der Waals surface area contributed by atoms with Gasteiger partial charge in [0.15, 0.2) is 0 Å². The smallest absolute Gasteiger partial charge is 0.00954 e. The van der Waals surface area contributed by atoms with E-state index in [-0.39, 0.29) is 0 Å². The van der Waals surface area contributed by atoms with E-state index < -0.39 is 0 Å². The zero-order chi connectivity index (χ0) is 11.6. The molecule has 16 heavy (non-hydrogen) atoms. The van der Waals surface area contributed by atoms with E-state index in [1.54, 1.807) is 0 Å². The third kappa shape index (κ3) is 2.80. The molecule has 1 heteroatoms. The summed E-state index contributed by atoms with van der Waals surface area (Å²) in [7, 11) is 0. The van der Waals surface area contributed by atoms with Gasteiger partial charge in [-0.05, 0) is 36.5 Å². The molecule has 2 fully saturated rings. The molecule has 94 valence electrons. The molecular weight excluding hydrogens is 194 g/mol. The van der Waals surface area contributed by atoms with Crippen LogP contribution in [0.15, 0.2) is 0 Å². The van der Waals surface area contributed by atoms with Crippen molar-refractivity contribution in [2.24, 2.45) is 17.3 Å². The Morgan fingerprint density at radius 3 is 2.44 bits per heavy atom. The van der Waals surface area contributed by atoms with E-state index in [0.717, 1.165) is 17.9 Å². The van der Waals surface area contributed by atoms with Crippen molar-refractivity contribution >= 4 is 0 Å². The zero-order valence-corrected chi connectivity index (χ0v) is 11.4. The van der Waals surface area contributed by atoms with Crippen molar-refractivity contribution < 1.29 is 0 Å². The Morgan fingerprint density at radius 1 is 1.06 bits per heavy atom. The van der Waals surface area contributed by atoms with E-state index in [0.29, 0.717) is 5.41 Å². The predicted molar refractivity (Wildman–Crippen MR) is 70.5 cm³/mol. The van der Waals surface area contributed by atoms with E-state index in [4.69, 9.17) is 0 Å². The van der Waals surface area contributed by atoms with Crippen LogP contribution in [-0.2, 0) is 0 Å². The number of hydrogen-bond acceptors (Lipinski definition) is 1. The molecule has 3 atom stereocenters. The van der Waals surface area contributed by atoms with Gasteiger partial charge in [-0.25, -0.2) is 0 Å². The van der Waals surface area contributed by atoms with Crippen LogP contribution in [0.2, 0.25) is 0 Å². The normalized spacial score (nSPS) is 38.8. The van der Waals surface area contributed by atoms with Crippen molar-refractivity contribution in [3.8, 4) is 0 Å². The minimum Gasteiger partial charge on any atom is -0.313 e. The fourth-order valence-electron chi connectivity index (χ4n) is 3.65. The lowest BCUT2D eigenvalue weighted by atomic mass is 9.77. The highest BCUT2D eigenvalue weighted by Crippen LogP contribution is 2.37. The van der Waals surface area contributed by atoms with Gasteiger partial charge in [0.05, 0.1) is 0 Å². The second kappa shape index (κ2) is 5.08. The van der Waals surface area contributed by atoms with E-state index >= 15 is 0 Å². The summed E-state index contributed by atoms with van der Waals surface area (Å²) < 4.78 is 0. The summed E-state index contributed by atoms with van der Waals surface area (Å²) in [5, 5.41) is 3.88. The number of nitrogens with one attached hydrogen (secondary N) is 1. The summed E-state index contributed by atoms with van der Waals surface area (Å²) in [6.07, 6.45) is 10.1. The summed E-state index contributed by atoms with van der Waals surface area (Å²) in [4.78, 5) is 0. The van der Waals surface area contributed by atoms with Gasteiger partial charge in [0.25, 0.3) is 0 Å². The molecule has 1 N–H and O–H groups in total. The molecule has 2 aliphatic rings. The van der Waals surface area contributed by atoms with Crippen molar-refractivity contribution in [3.05, 3.63) is 0 Å². The molecule has 0 spiro atoms. The van der Waals surface area contributed by atoms with Crippen LogP contribution in [0.1, 0.15) is 65.7 Å². The Hall–Kier alpha value is -0.0400. The summed E-state index contributed by atoms with van der Waals surface area (Å²) in [5.74, 6) is 1.79. The predicted octanol–water partition coefficient (Wildman–Crippen LogP) is 3.98. The van der Waals surface area contributed by atoms with Crippen LogP contribution in [0.5, 0.6) is 0 Å². The topological polar surface area (TPSA) is 12.0 Å². The lowest BCUT2D eigenvalue weighted by Gasteiger charge is -2.37. The molecule has 2 aliphatic carbocycles. The lowest BCUT2D eigenvalue weighted by Crippen LogP contribution is -2.44. The molecule has 0 bridgehead atoms. The van der Waals surface area contributed by atoms with Gasteiger partial charge in [-0.2, -0.15) is 0 Å². The van der Waals surface area contributed by atoms with Gasteiger partial charge < -0.3 is 5.32 Å². The summed E-state index contributed by atoms with van der Waals surface area (Å²) in [6, 6.07) is 0.793. The average molecular weight is 223 g/mol. The molecular formula is C15H29N. The third-order valence-corrected chi connectivity index (χ3v) is 5.31. The zero-order valence-electron chi connectivity index (χ0n) is 11.4. The fourth-order valence-corrected chi connectivity index (χ4v) is 3.65. The maximum Gasteiger partial charge on any atom is 0.00954 e. The van der Waals surface area contributed by atoms with E-state index in [1.807, 2.05) is 0 Å². The van der Waals surface area contributed by atoms with Gasteiger partial charge >= 0.3 is 0 Å². The molecule has 1 nitrogen and oxygen atoms in total. The first-order valence-corrected chi connectivity index (χ1v) is 7.34. The highest BCUT2D eigenvalue weighted by atomic mass is 14.9. The minimum atomic E-state index is 0.612. The first-order valence-electron chi connectivity index (χ1n) is 7.34. The first-order chi connectivity index (χ1) is 7.61. The fraction of sp³-hybridized carbons (Fsp3) is 1.00. The van der Waals surface area contributed by atoms with Crippen LogP contribution in [0.25, 0.3) is 0 Å². The van der Waals surface area contributed by atoms with Crippen LogP contribution in [0, 0.1) is 17.3 Å². The minimum absolute atomic E-state index is 0.612. The molecule has 0 radical (unpaired) electrons. The molecule has 0 amide bonds. The van der Waals surface area contributed by atoms with E-state index in [1.165, 1.54) is 51.5 Å². The van der Waals surface area contributed by atoms with Gasteiger partial charge in [-0.3, -0.25) is 0 Å². The Morgan fingerprint density at radius 2 is 1.75 bits per heavy atom. The lowest BCUT2D eigenvalue weighted by molar-refractivity contribution is 0.184. The van der Waals surface area contributed by atoms with Gasteiger partial charge in [0.2, 0.25) is 0 Å². The molecule has 0 heterocycles. The molecule has 0 aromatic rings. The highest BCUT2D eigenvalue weighted by Gasteiger charge is 2.32. The van der Waals surface area contributed by atoms with Crippen molar-refractivity contribution in [2.45, 2.75) is 71.8 Å². The average Bonchev–Trinajstić information content (AvgIpc) is 2.68. The molecule has 2 saturated carbocycles. The molecule has 0 aliphatic heterocycles. The van der Waals surface area contributed by atoms with Crippen LogP contribution >= 0.6 is 0 Å². The molecule has 0 saturated heterocycles. The Labute approximate surface area is 101 Å². The van der Waals surface area contributed by atoms with Gasteiger partial charge in [0.1, 0.15) is 0 Å². The molecule has 0 aromatic carbocycles. The molecule has 2 rings (SSSR count). The van der Waals surface area contributed by atoms with Gasteiger partial charge in [0, 0.05) is 12.6 Å². The maximum absolute atomic E-state index is 3.88. The highest BCUT2D eigenvalue weighted by molar-refractivity contribution is 4.87. The summed E-state index contributed by atoms with van der Waals surface area (Å²) in [6.45, 7) is 8.60. The van der Waals surface area contributed by atoms with Crippen molar-refractivity contribution in [3.63, 3.8) is 0 Å². The largest absolute Gasteiger partial charge is 0.313 e. The van der Waals surface area contributed by atoms with Crippen molar-refractivity contribution in [1.29, 1.82) is 0 Å². The van der Waals surface area contributed by atoms with Crippen LogP contribution in [-0.4, -0.2) is 12.6 Å². The van der Waals surface area contributed by atoms with Crippen LogP contribution in [0.4, 0.5) is 0 Å². The quantitative estimate of drug-likeness (QED) is 0.763. The summed E-state index contributed by atoms with van der Waals surface area (Å²) in [5.41, 5.74) is 0.612. The van der Waals surface area contributed by atoms with Gasteiger partial charge in [-0.15, -0.1) is 0 Å². The van der Waals surface area contributed by atoms with Crippen LogP contribution < -0.4 is 5.32 Å². The number of rotatable bonds is 3. The first kappa shape index (κ1) is 12.4. The Bertz CT molecular complexity index is 217. The SMILES string of the molecule is CC1CCCC(NCC2(C)CCCC2)C1C. The Balaban J connectivity index is 1.80. The molecule has 3 unspecified atom stereocenters. The molecule has 0 aromatic heterocycles.